The van der Waals surface area contributed by atoms with Gasteiger partial charge in [-0.25, -0.2) is 0 Å². The van der Waals surface area contributed by atoms with Crippen LogP contribution in [0.4, 0.5) is 0 Å². The fraction of sp³-hybridized carbons (Fsp3) is 0.636. The molecule has 17 heavy (non-hydrogen) atoms. The first kappa shape index (κ1) is 14.0. The highest BCUT2D eigenvalue weighted by Gasteiger charge is 2.33. The van der Waals surface area contributed by atoms with Crippen LogP contribution < -0.4 is 5.32 Å². The van der Waals surface area contributed by atoms with Gasteiger partial charge < -0.3 is 15.0 Å². The van der Waals surface area contributed by atoms with Gasteiger partial charge in [0.25, 0.3) is 0 Å². The lowest BCUT2D eigenvalue weighted by molar-refractivity contribution is -0.129. The van der Waals surface area contributed by atoms with E-state index < -0.39 is 0 Å². The van der Waals surface area contributed by atoms with Crippen molar-refractivity contribution in [3.63, 3.8) is 0 Å². The lowest BCUT2D eigenvalue weighted by Gasteiger charge is -2.15. The summed E-state index contributed by atoms with van der Waals surface area (Å²) in [6.45, 7) is 5.18. The number of nitrogens with one attached hydrogen (secondary N) is 1. The number of amides is 2. The predicted molar refractivity (Wildman–Crippen MR) is 64.6 cm³/mol. The molecule has 0 aromatic heterocycles. The van der Waals surface area contributed by atoms with Crippen LogP contribution in [0.1, 0.15) is 6.42 Å². The minimum Gasteiger partial charge on any atom is -0.383 e. The second-order valence-electron chi connectivity index (χ2n) is 3.97. The molecule has 1 fully saturated rings. The first-order valence-electron chi connectivity index (χ1n) is 5.42. The van der Waals surface area contributed by atoms with Crippen molar-refractivity contribution in [2.24, 2.45) is 5.92 Å². The first-order chi connectivity index (χ1) is 8.04. The Kier molecular flexibility index (Phi) is 5.44. The predicted octanol–water partition coefficient (Wildman–Crippen LogP) is 0.350. The lowest BCUT2D eigenvalue weighted by atomic mass is 10.1. The Morgan fingerprint density at radius 3 is 3.00 bits per heavy atom. The van der Waals surface area contributed by atoms with Gasteiger partial charge in [0.2, 0.25) is 11.8 Å². The van der Waals surface area contributed by atoms with E-state index in [-0.39, 0.29) is 30.7 Å². The van der Waals surface area contributed by atoms with E-state index in [1.54, 1.807) is 12.0 Å². The molecule has 1 aliphatic rings. The maximum absolute atomic E-state index is 11.7. The van der Waals surface area contributed by atoms with Gasteiger partial charge in [-0.3, -0.25) is 9.59 Å². The number of halogens is 1. The topological polar surface area (TPSA) is 58.6 Å². The van der Waals surface area contributed by atoms with Crippen molar-refractivity contribution in [2.75, 3.05) is 33.4 Å². The van der Waals surface area contributed by atoms with E-state index in [2.05, 4.69) is 11.9 Å². The van der Waals surface area contributed by atoms with Crippen LogP contribution in [-0.2, 0) is 14.3 Å². The highest BCUT2D eigenvalue weighted by atomic mass is 35.5. The monoisotopic (exact) mass is 260 g/mol. The second-order valence-corrected chi connectivity index (χ2v) is 4.50. The largest absolute Gasteiger partial charge is 0.383 e. The van der Waals surface area contributed by atoms with E-state index in [0.717, 1.165) is 0 Å². The molecule has 1 saturated heterocycles. The van der Waals surface area contributed by atoms with Crippen LogP contribution >= 0.6 is 11.6 Å². The van der Waals surface area contributed by atoms with Crippen molar-refractivity contribution in [1.82, 2.24) is 10.2 Å². The molecule has 0 aromatic rings. The third-order valence-corrected chi connectivity index (χ3v) is 2.74. The van der Waals surface area contributed by atoms with Crippen molar-refractivity contribution in [2.45, 2.75) is 6.42 Å². The molecule has 1 atom stereocenters. The highest BCUT2D eigenvalue weighted by molar-refractivity contribution is 6.29. The van der Waals surface area contributed by atoms with Gasteiger partial charge >= 0.3 is 0 Å². The average molecular weight is 261 g/mol. The Morgan fingerprint density at radius 2 is 2.41 bits per heavy atom. The summed E-state index contributed by atoms with van der Waals surface area (Å²) in [6.07, 6.45) is 0.254. The molecule has 6 heteroatoms. The number of carbonyl (C=O) groups is 2. The molecule has 96 valence electrons. The highest BCUT2D eigenvalue weighted by Crippen LogP contribution is 2.17. The van der Waals surface area contributed by atoms with Gasteiger partial charge in [0.05, 0.1) is 19.1 Å². The SMILES string of the molecule is C=C(Cl)CNC(=O)C1CC(=O)N(CCOC)C1. The minimum atomic E-state index is -0.296. The van der Waals surface area contributed by atoms with Crippen LogP contribution in [-0.4, -0.2) is 50.1 Å². The van der Waals surface area contributed by atoms with E-state index in [1.807, 2.05) is 0 Å². The summed E-state index contributed by atoms with van der Waals surface area (Å²) in [7, 11) is 1.58. The summed E-state index contributed by atoms with van der Waals surface area (Å²) in [6, 6.07) is 0. The van der Waals surface area contributed by atoms with Crippen LogP contribution in [0.25, 0.3) is 0 Å². The molecule has 1 unspecified atom stereocenters. The smallest absolute Gasteiger partial charge is 0.225 e. The maximum atomic E-state index is 11.7. The first-order valence-corrected chi connectivity index (χ1v) is 5.80. The van der Waals surface area contributed by atoms with E-state index in [9.17, 15) is 9.59 Å². The summed E-state index contributed by atoms with van der Waals surface area (Å²) >= 11 is 5.55. The molecule has 1 rings (SSSR count). The Bertz CT molecular complexity index is 320. The molecule has 0 spiro atoms. The molecule has 0 saturated carbocycles. The van der Waals surface area contributed by atoms with Crippen LogP contribution in [0, 0.1) is 5.92 Å². The quantitative estimate of drug-likeness (QED) is 0.750. The molecular formula is C11H17ClN2O3. The van der Waals surface area contributed by atoms with Crippen LogP contribution in [0.3, 0.4) is 0 Å². The maximum Gasteiger partial charge on any atom is 0.225 e. The fourth-order valence-electron chi connectivity index (χ4n) is 1.69. The molecule has 5 nitrogen and oxygen atoms in total. The van der Waals surface area contributed by atoms with Gasteiger partial charge in [-0.2, -0.15) is 0 Å². The zero-order chi connectivity index (χ0) is 12.8. The number of methoxy groups -OCH3 is 1. The Labute approximate surface area is 106 Å². The van der Waals surface area contributed by atoms with E-state index >= 15 is 0 Å². The number of hydrogen-bond donors (Lipinski definition) is 1. The van der Waals surface area contributed by atoms with Gasteiger partial charge in [-0.05, 0) is 0 Å². The Hall–Kier alpha value is -1.07. The second kappa shape index (κ2) is 6.61. The number of nitrogens with zero attached hydrogens (tertiary/aromatic N) is 1. The van der Waals surface area contributed by atoms with Crippen LogP contribution in [0.15, 0.2) is 11.6 Å². The summed E-state index contributed by atoms with van der Waals surface area (Å²) < 4.78 is 4.90. The third kappa shape index (κ3) is 4.36. The number of ether oxygens (including phenoxy) is 1. The van der Waals surface area contributed by atoms with Crippen LogP contribution in [0.2, 0.25) is 0 Å². The summed E-state index contributed by atoms with van der Waals surface area (Å²) in [5.74, 6) is -0.456. The zero-order valence-corrected chi connectivity index (χ0v) is 10.6. The summed E-state index contributed by atoms with van der Waals surface area (Å²) in [4.78, 5) is 24.9. The lowest BCUT2D eigenvalue weighted by Crippen LogP contribution is -2.34. The van der Waals surface area contributed by atoms with E-state index in [4.69, 9.17) is 16.3 Å². The molecule has 0 aliphatic carbocycles. The molecular weight excluding hydrogens is 244 g/mol. The molecule has 1 heterocycles. The fourth-order valence-corrected chi connectivity index (χ4v) is 1.76. The number of likely N-dealkylation sites (tertiary alicyclic amines) is 1. The van der Waals surface area contributed by atoms with Gasteiger partial charge in [-0.15, -0.1) is 0 Å². The zero-order valence-electron chi connectivity index (χ0n) is 9.87. The van der Waals surface area contributed by atoms with Crippen LogP contribution in [0.5, 0.6) is 0 Å². The molecule has 1 aliphatic heterocycles. The Morgan fingerprint density at radius 1 is 1.71 bits per heavy atom. The molecule has 0 radical (unpaired) electrons. The number of rotatable bonds is 6. The molecule has 1 N–H and O–H groups in total. The van der Waals surface area contributed by atoms with Crippen molar-refractivity contribution in [3.8, 4) is 0 Å². The van der Waals surface area contributed by atoms with E-state index in [0.29, 0.717) is 24.7 Å². The van der Waals surface area contributed by atoms with Gasteiger partial charge in [0, 0.05) is 31.7 Å². The number of carbonyl (C=O) groups excluding carboxylic acids is 2. The molecule has 0 aromatic carbocycles. The van der Waals surface area contributed by atoms with E-state index in [1.165, 1.54) is 0 Å². The van der Waals surface area contributed by atoms with Crippen molar-refractivity contribution in [3.05, 3.63) is 11.6 Å². The average Bonchev–Trinajstić information content (AvgIpc) is 2.65. The Balaban J connectivity index is 2.39. The minimum absolute atomic E-state index is 0.00750. The standard InChI is InChI=1S/C11H17ClN2O3/c1-8(12)6-13-11(16)9-5-10(15)14(7-9)3-4-17-2/h9H,1,3-7H2,2H3,(H,13,16). The molecule has 0 bridgehead atoms. The summed E-state index contributed by atoms with van der Waals surface area (Å²) in [5, 5.41) is 3.01. The van der Waals surface area contributed by atoms with Gasteiger partial charge in [-0.1, -0.05) is 18.2 Å². The number of hydrogen-bond acceptors (Lipinski definition) is 3. The van der Waals surface area contributed by atoms with Crippen molar-refractivity contribution >= 4 is 23.4 Å². The van der Waals surface area contributed by atoms with Gasteiger partial charge in [0.15, 0.2) is 0 Å². The van der Waals surface area contributed by atoms with Crippen molar-refractivity contribution < 1.29 is 14.3 Å². The van der Waals surface area contributed by atoms with Gasteiger partial charge in [0.1, 0.15) is 0 Å². The molecule has 2 amide bonds. The normalized spacial score (nSPS) is 19.5. The summed E-state index contributed by atoms with van der Waals surface area (Å²) in [5.41, 5.74) is 0. The van der Waals surface area contributed by atoms with Crippen molar-refractivity contribution in [1.29, 1.82) is 0 Å². The third-order valence-electron chi connectivity index (χ3n) is 2.61.